The number of hydrogen-bond acceptors (Lipinski definition) is 4. The van der Waals surface area contributed by atoms with Gasteiger partial charge in [0, 0.05) is 19.8 Å². The Morgan fingerprint density at radius 2 is 2.24 bits per heavy atom. The molecule has 1 atom stereocenters. The molecule has 1 unspecified atom stereocenters. The predicted octanol–water partition coefficient (Wildman–Crippen LogP) is -0.290. The number of carboxylic acids is 1. The van der Waals surface area contributed by atoms with E-state index >= 15 is 0 Å². The molecule has 21 heavy (non-hydrogen) atoms. The quantitative estimate of drug-likeness (QED) is 0.705. The number of likely N-dealkylation sites (tertiary alicyclic amines) is 1. The number of aromatic nitrogens is 2. The zero-order chi connectivity index (χ0) is 15.4. The zero-order valence-electron chi connectivity index (χ0n) is 11.6. The Bertz CT molecular complexity index is 556. The lowest BCUT2D eigenvalue weighted by molar-refractivity contribution is -0.137. The molecule has 0 radical (unpaired) electrons. The van der Waals surface area contributed by atoms with Gasteiger partial charge < -0.3 is 20.6 Å². The van der Waals surface area contributed by atoms with Gasteiger partial charge in [0.1, 0.15) is 12.6 Å². The summed E-state index contributed by atoms with van der Waals surface area (Å²) in [6, 6.07) is -0.861. The van der Waals surface area contributed by atoms with Gasteiger partial charge in [-0.15, -0.1) is 0 Å². The number of rotatable bonds is 4. The molecule has 2 rings (SSSR count). The van der Waals surface area contributed by atoms with Gasteiger partial charge in [-0.2, -0.15) is 5.10 Å². The van der Waals surface area contributed by atoms with Gasteiger partial charge in [-0.1, -0.05) is 0 Å². The van der Waals surface area contributed by atoms with Crippen molar-refractivity contribution < 1.29 is 19.5 Å². The summed E-state index contributed by atoms with van der Waals surface area (Å²) in [5.41, 5.74) is 0.392. The monoisotopic (exact) mass is 295 g/mol. The number of nitrogens with zero attached hydrogens (tertiary/aromatic N) is 3. The van der Waals surface area contributed by atoms with E-state index in [0.717, 1.165) is 6.42 Å². The van der Waals surface area contributed by atoms with Gasteiger partial charge in [0.15, 0.2) is 0 Å². The van der Waals surface area contributed by atoms with Gasteiger partial charge in [-0.3, -0.25) is 14.3 Å². The number of amides is 3. The molecule has 0 aromatic carbocycles. The SMILES string of the molecule is CNC(=O)C1CCCN1C(=O)Nc1cnn(CC(=O)O)c1. The molecule has 114 valence electrons. The Hall–Kier alpha value is -2.58. The van der Waals surface area contributed by atoms with Crippen LogP contribution in [0.2, 0.25) is 0 Å². The normalized spacial score (nSPS) is 17.6. The second-order valence-corrected chi connectivity index (χ2v) is 4.72. The molecule has 9 heteroatoms. The predicted molar refractivity (Wildman–Crippen MR) is 72.7 cm³/mol. The Morgan fingerprint density at radius 3 is 2.90 bits per heavy atom. The van der Waals surface area contributed by atoms with Crippen molar-refractivity contribution in [2.24, 2.45) is 0 Å². The highest BCUT2D eigenvalue weighted by Gasteiger charge is 2.33. The smallest absolute Gasteiger partial charge is 0.325 e. The van der Waals surface area contributed by atoms with Gasteiger partial charge in [-0.05, 0) is 12.8 Å². The lowest BCUT2D eigenvalue weighted by Crippen LogP contribution is -2.46. The van der Waals surface area contributed by atoms with Crippen LogP contribution < -0.4 is 10.6 Å². The van der Waals surface area contributed by atoms with Crippen molar-refractivity contribution in [3.05, 3.63) is 12.4 Å². The minimum absolute atomic E-state index is 0.191. The highest BCUT2D eigenvalue weighted by Crippen LogP contribution is 2.19. The second kappa shape index (κ2) is 6.25. The molecule has 3 amide bonds. The highest BCUT2D eigenvalue weighted by molar-refractivity contribution is 5.94. The minimum Gasteiger partial charge on any atom is -0.480 e. The first-order chi connectivity index (χ1) is 10.0. The van der Waals surface area contributed by atoms with Crippen LogP contribution >= 0.6 is 0 Å². The number of likely N-dealkylation sites (N-methyl/N-ethyl adjacent to an activating group) is 1. The van der Waals surface area contributed by atoms with Crippen LogP contribution in [0.1, 0.15) is 12.8 Å². The molecule has 0 spiro atoms. The maximum atomic E-state index is 12.2. The summed E-state index contributed by atoms with van der Waals surface area (Å²) in [5, 5.41) is 17.6. The van der Waals surface area contributed by atoms with Crippen molar-refractivity contribution in [3.8, 4) is 0 Å². The Balaban J connectivity index is 1.99. The lowest BCUT2D eigenvalue weighted by atomic mass is 10.2. The number of nitrogens with one attached hydrogen (secondary N) is 2. The molecule has 1 aliphatic rings. The molecule has 1 fully saturated rings. The summed E-state index contributed by atoms with van der Waals surface area (Å²) in [7, 11) is 1.53. The number of aliphatic carboxylic acids is 1. The average molecular weight is 295 g/mol. The van der Waals surface area contributed by atoms with Crippen LogP contribution in [-0.2, 0) is 16.1 Å². The maximum absolute atomic E-state index is 12.2. The lowest BCUT2D eigenvalue weighted by Gasteiger charge is -2.23. The van der Waals surface area contributed by atoms with E-state index in [-0.39, 0.29) is 12.5 Å². The van der Waals surface area contributed by atoms with E-state index < -0.39 is 18.0 Å². The van der Waals surface area contributed by atoms with Gasteiger partial charge in [-0.25, -0.2) is 4.79 Å². The standard InChI is InChI=1S/C12H17N5O4/c1-13-11(20)9-3-2-4-17(9)12(21)15-8-5-14-16(6-8)7-10(18)19/h5-6,9H,2-4,7H2,1H3,(H,13,20)(H,15,21)(H,18,19). The Morgan fingerprint density at radius 1 is 1.48 bits per heavy atom. The van der Waals surface area contributed by atoms with Gasteiger partial charge >= 0.3 is 12.0 Å². The van der Waals surface area contributed by atoms with Crippen LogP contribution in [-0.4, -0.2) is 57.3 Å². The van der Waals surface area contributed by atoms with Crippen molar-refractivity contribution in [1.29, 1.82) is 0 Å². The number of anilines is 1. The third kappa shape index (κ3) is 3.50. The van der Waals surface area contributed by atoms with Crippen LogP contribution in [0.4, 0.5) is 10.5 Å². The molecule has 3 N–H and O–H groups in total. The molecule has 1 aromatic rings. The van der Waals surface area contributed by atoms with E-state index in [1.807, 2.05) is 0 Å². The van der Waals surface area contributed by atoms with E-state index in [0.29, 0.717) is 18.7 Å². The molecule has 1 saturated heterocycles. The average Bonchev–Trinajstić information content (AvgIpc) is 3.06. The Labute approximate surface area is 120 Å². The van der Waals surface area contributed by atoms with Crippen molar-refractivity contribution in [2.45, 2.75) is 25.4 Å². The first kappa shape index (κ1) is 14.8. The molecule has 2 heterocycles. The molecular weight excluding hydrogens is 278 g/mol. The topological polar surface area (TPSA) is 117 Å². The third-order valence-corrected chi connectivity index (χ3v) is 3.24. The van der Waals surface area contributed by atoms with Crippen molar-refractivity contribution in [1.82, 2.24) is 20.0 Å². The van der Waals surface area contributed by atoms with Crippen molar-refractivity contribution in [3.63, 3.8) is 0 Å². The number of carbonyl (C=O) groups excluding carboxylic acids is 2. The fraction of sp³-hybridized carbons (Fsp3) is 0.500. The molecule has 0 saturated carbocycles. The van der Waals surface area contributed by atoms with E-state index in [2.05, 4.69) is 15.7 Å². The first-order valence-electron chi connectivity index (χ1n) is 6.54. The Kier molecular flexibility index (Phi) is 4.41. The van der Waals surface area contributed by atoms with E-state index in [4.69, 9.17) is 5.11 Å². The second-order valence-electron chi connectivity index (χ2n) is 4.72. The number of carbonyl (C=O) groups is 3. The van der Waals surface area contributed by atoms with Gasteiger partial charge in [0.05, 0.1) is 11.9 Å². The third-order valence-electron chi connectivity index (χ3n) is 3.24. The van der Waals surface area contributed by atoms with Crippen molar-refractivity contribution >= 4 is 23.6 Å². The highest BCUT2D eigenvalue weighted by atomic mass is 16.4. The molecule has 0 bridgehead atoms. The molecular formula is C12H17N5O4. The van der Waals surface area contributed by atoms with Crippen LogP contribution in [0.25, 0.3) is 0 Å². The number of hydrogen-bond donors (Lipinski definition) is 3. The fourth-order valence-electron chi connectivity index (χ4n) is 2.30. The minimum atomic E-state index is -1.02. The largest absolute Gasteiger partial charge is 0.480 e. The summed E-state index contributed by atoms with van der Waals surface area (Å²) >= 11 is 0. The zero-order valence-corrected chi connectivity index (χ0v) is 11.6. The molecule has 0 aliphatic carbocycles. The summed E-state index contributed by atoms with van der Waals surface area (Å²) in [5.74, 6) is -1.21. The van der Waals surface area contributed by atoms with Crippen molar-refractivity contribution in [2.75, 3.05) is 18.9 Å². The summed E-state index contributed by atoms with van der Waals surface area (Å²) < 4.78 is 1.21. The van der Waals surface area contributed by atoms with E-state index in [1.165, 1.54) is 29.0 Å². The van der Waals surface area contributed by atoms with Gasteiger partial charge in [0.25, 0.3) is 0 Å². The van der Waals surface area contributed by atoms with Crippen LogP contribution in [0.15, 0.2) is 12.4 Å². The fourth-order valence-corrected chi connectivity index (χ4v) is 2.30. The van der Waals surface area contributed by atoms with Crippen LogP contribution in [0.5, 0.6) is 0 Å². The van der Waals surface area contributed by atoms with Crippen LogP contribution in [0, 0.1) is 0 Å². The van der Waals surface area contributed by atoms with E-state index in [1.54, 1.807) is 0 Å². The summed E-state index contributed by atoms with van der Waals surface area (Å²) in [4.78, 5) is 35.9. The van der Waals surface area contributed by atoms with Gasteiger partial charge in [0.2, 0.25) is 5.91 Å². The maximum Gasteiger partial charge on any atom is 0.325 e. The van der Waals surface area contributed by atoms with Crippen LogP contribution in [0.3, 0.4) is 0 Å². The molecule has 1 aliphatic heterocycles. The molecule has 9 nitrogen and oxygen atoms in total. The summed E-state index contributed by atoms with van der Waals surface area (Å²) in [6.45, 7) is 0.230. The number of carboxylic acid groups (broad SMARTS) is 1. The molecule has 1 aromatic heterocycles. The summed E-state index contributed by atoms with van der Waals surface area (Å²) in [6.07, 6.45) is 4.19. The van der Waals surface area contributed by atoms with E-state index in [9.17, 15) is 14.4 Å². The first-order valence-corrected chi connectivity index (χ1v) is 6.54. The number of urea groups is 1.